The van der Waals surface area contributed by atoms with Crippen LogP contribution < -0.4 is 4.74 Å². The zero-order valence-electron chi connectivity index (χ0n) is 16.3. The highest BCUT2D eigenvalue weighted by Crippen LogP contribution is 2.34. The van der Waals surface area contributed by atoms with Crippen LogP contribution in [0.25, 0.3) is 5.57 Å². The Morgan fingerprint density at radius 2 is 1.88 bits per heavy atom. The number of hydrogen-bond acceptors (Lipinski definition) is 4. The van der Waals surface area contributed by atoms with Gasteiger partial charge in [0.2, 0.25) is 0 Å². The fraction of sp³-hybridized carbons (Fsp3) is 0.571. The van der Waals surface area contributed by atoms with Crippen LogP contribution in [0.4, 0.5) is 4.79 Å². The van der Waals surface area contributed by atoms with Crippen LogP contribution in [-0.2, 0) is 9.47 Å². The van der Waals surface area contributed by atoms with Crippen molar-refractivity contribution in [3.8, 4) is 5.75 Å². The second-order valence-corrected chi connectivity index (χ2v) is 8.23. The van der Waals surface area contributed by atoms with Gasteiger partial charge in [-0.3, -0.25) is 4.90 Å². The van der Waals surface area contributed by atoms with Gasteiger partial charge in [0.1, 0.15) is 11.4 Å². The molecule has 2 bridgehead atoms. The molecule has 0 radical (unpaired) electrons. The van der Waals surface area contributed by atoms with Gasteiger partial charge in [-0.15, -0.1) is 0 Å². The number of carbonyl (C=O) groups is 1. The Bertz CT molecular complexity index is 672. The Morgan fingerprint density at radius 3 is 2.46 bits per heavy atom. The van der Waals surface area contributed by atoms with Crippen molar-refractivity contribution in [2.75, 3.05) is 13.2 Å². The van der Waals surface area contributed by atoms with Gasteiger partial charge >= 0.3 is 6.09 Å². The molecular weight excluding hydrogens is 330 g/mol. The average Bonchev–Trinajstić information content (AvgIpc) is 2.52. The van der Waals surface area contributed by atoms with E-state index in [0.29, 0.717) is 13.2 Å². The number of nitrogens with zero attached hydrogens (tertiary/aromatic N) is 1. The number of amides is 1. The minimum absolute atomic E-state index is 0.00944. The van der Waals surface area contributed by atoms with Crippen molar-refractivity contribution < 1.29 is 19.0 Å². The van der Waals surface area contributed by atoms with Crippen LogP contribution in [0.5, 0.6) is 5.75 Å². The number of morpholine rings is 1. The van der Waals surface area contributed by atoms with E-state index in [1.807, 2.05) is 51.7 Å². The summed E-state index contributed by atoms with van der Waals surface area (Å²) < 4.78 is 17.0. The molecular formula is C21H29NO4. The lowest BCUT2D eigenvalue weighted by Gasteiger charge is -2.44. The third-order valence-corrected chi connectivity index (χ3v) is 4.40. The summed E-state index contributed by atoms with van der Waals surface area (Å²) >= 11 is 0. The zero-order valence-corrected chi connectivity index (χ0v) is 16.3. The van der Waals surface area contributed by atoms with Crippen LogP contribution in [-0.4, -0.2) is 48.0 Å². The number of rotatable bonds is 3. The highest BCUT2D eigenvalue weighted by atomic mass is 16.6. The summed E-state index contributed by atoms with van der Waals surface area (Å²) in [5, 5.41) is 0. The molecule has 2 aliphatic heterocycles. The SMILES string of the molecule is CC(C)Oc1ccc(C2=CC3COCC(C2)N3C(=O)OC(C)(C)C)cc1. The molecule has 5 nitrogen and oxygen atoms in total. The first-order valence-corrected chi connectivity index (χ1v) is 9.30. The molecule has 2 atom stereocenters. The van der Waals surface area contributed by atoms with Crippen molar-refractivity contribution in [1.82, 2.24) is 4.90 Å². The van der Waals surface area contributed by atoms with Crippen molar-refractivity contribution in [1.29, 1.82) is 0 Å². The Morgan fingerprint density at radius 1 is 1.19 bits per heavy atom. The van der Waals surface area contributed by atoms with Gasteiger partial charge in [0.15, 0.2) is 0 Å². The van der Waals surface area contributed by atoms with E-state index in [2.05, 4.69) is 18.2 Å². The van der Waals surface area contributed by atoms with Crippen molar-refractivity contribution in [3.05, 3.63) is 35.9 Å². The van der Waals surface area contributed by atoms with Crippen molar-refractivity contribution in [3.63, 3.8) is 0 Å². The number of fused-ring (bicyclic) bond motifs is 2. The topological polar surface area (TPSA) is 48.0 Å². The number of ether oxygens (including phenoxy) is 3. The Balaban J connectivity index is 1.78. The third-order valence-electron chi connectivity index (χ3n) is 4.40. The second-order valence-electron chi connectivity index (χ2n) is 8.23. The zero-order chi connectivity index (χ0) is 18.9. The van der Waals surface area contributed by atoms with Gasteiger partial charge < -0.3 is 14.2 Å². The lowest BCUT2D eigenvalue weighted by molar-refractivity contribution is -0.0510. The Hall–Kier alpha value is -2.01. The monoisotopic (exact) mass is 359 g/mol. The first kappa shape index (κ1) is 18.8. The van der Waals surface area contributed by atoms with Crippen LogP contribution in [0.2, 0.25) is 0 Å². The largest absolute Gasteiger partial charge is 0.491 e. The lowest BCUT2D eigenvalue weighted by Crippen LogP contribution is -2.57. The van der Waals surface area contributed by atoms with Crippen molar-refractivity contribution in [2.24, 2.45) is 0 Å². The fourth-order valence-corrected chi connectivity index (χ4v) is 3.43. The number of benzene rings is 1. The molecule has 2 unspecified atom stereocenters. The van der Waals surface area contributed by atoms with Gasteiger partial charge in [-0.1, -0.05) is 18.2 Å². The minimum Gasteiger partial charge on any atom is -0.491 e. The maximum Gasteiger partial charge on any atom is 0.411 e. The van der Waals surface area contributed by atoms with Crippen molar-refractivity contribution in [2.45, 2.75) is 64.8 Å². The van der Waals surface area contributed by atoms with Crippen LogP contribution in [0.1, 0.15) is 46.6 Å². The van der Waals surface area contributed by atoms with Crippen LogP contribution in [0, 0.1) is 0 Å². The molecule has 0 aliphatic carbocycles. The summed E-state index contributed by atoms with van der Waals surface area (Å²) in [5.74, 6) is 0.874. The van der Waals surface area contributed by atoms with Gasteiger partial charge in [0, 0.05) is 0 Å². The summed E-state index contributed by atoms with van der Waals surface area (Å²) in [6.45, 7) is 10.8. The third kappa shape index (κ3) is 4.39. The first-order chi connectivity index (χ1) is 12.2. The predicted molar refractivity (Wildman–Crippen MR) is 101 cm³/mol. The van der Waals surface area contributed by atoms with Crippen molar-refractivity contribution >= 4 is 11.7 Å². The summed E-state index contributed by atoms with van der Waals surface area (Å²) in [4.78, 5) is 14.5. The number of hydrogen-bond donors (Lipinski definition) is 0. The molecule has 26 heavy (non-hydrogen) atoms. The van der Waals surface area contributed by atoms with Crippen LogP contribution >= 0.6 is 0 Å². The van der Waals surface area contributed by atoms with Gasteiger partial charge in [-0.05, 0) is 64.3 Å². The first-order valence-electron chi connectivity index (χ1n) is 9.30. The molecule has 5 heteroatoms. The molecule has 1 aromatic rings. The van der Waals surface area contributed by atoms with Crippen LogP contribution in [0.15, 0.2) is 30.3 Å². The van der Waals surface area contributed by atoms with E-state index in [4.69, 9.17) is 14.2 Å². The van der Waals surface area contributed by atoms with E-state index in [1.54, 1.807) is 0 Å². The highest BCUT2D eigenvalue weighted by molar-refractivity contribution is 5.75. The van der Waals surface area contributed by atoms with Gasteiger partial charge in [-0.2, -0.15) is 0 Å². The summed E-state index contributed by atoms with van der Waals surface area (Å²) in [6.07, 6.45) is 2.80. The van der Waals surface area contributed by atoms with E-state index in [1.165, 1.54) is 11.1 Å². The molecule has 0 spiro atoms. The van der Waals surface area contributed by atoms with Gasteiger partial charge in [0.25, 0.3) is 0 Å². The van der Waals surface area contributed by atoms with E-state index < -0.39 is 5.60 Å². The van der Waals surface area contributed by atoms with Crippen LogP contribution in [0.3, 0.4) is 0 Å². The lowest BCUT2D eigenvalue weighted by atomic mass is 9.90. The average molecular weight is 359 g/mol. The van der Waals surface area contributed by atoms with E-state index in [0.717, 1.165) is 12.2 Å². The molecule has 3 rings (SSSR count). The molecule has 1 aromatic carbocycles. The van der Waals surface area contributed by atoms with E-state index >= 15 is 0 Å². The Labute approximate surface area is 155 Å². The Kier molecular flexibility index (Phi) is 5.28. The smallest absolute Gasteiger partial charge is 0.411 e. The summed E-state index contributed by atoms with van der Waals surface area (Å²) in [5.41, 5.74) is 1.92. The molecule has 0 aromatic heterocycles. The maximum absolute atomic E-state index is 12.6. The molecule has 1 saturated heterocycles. The van der Waals surface area contributed by atoms with Gasteiger partial charge in [0.05, 0.1) is 31.4 Å². The molecule has 0 N–H and O–H groups in total. The predicted octanol–water partition coefficient (Wildman–Crippen LogP) is 4.27. The summed E-state index contributed by atoms with van der Waals surface area (Å²) in [6, 6.07) is 8.10. The molecule has 1 fully saturated rings. The highest BCUT2D eigenvalue weighted by Gasteiger charge is 2.40. The number of carbonyl (C=O) groups excluding carboxylic acids is 1. The quantitative estimate of drug-likeness (QED) is 0.809. The molecule has 142 valence electrons. The van der Waals surface area contributed by atoms with Gasteiger partial charge in [-0.25, -0.2) is 4.79 Å². The molecule has 0 saturated carbocycles. The summed E-state index contributed by atoms with van der Waals surface area (Å²) in [7, 11) is 0. The normalized spacial score (nSPS) is 22.8. The fourth-order valence-electron chi connectivity index (χ4n) is 3.43. The minimum atomic E-state index is -0.498. The maximum atomic E-state index is 12.6. The standard InChI is InChI=1S/C21H29NO4/c1-14(2)25-19-8-6-15(7-9-19)16-10-17-12-24-13-18(11-16)22(17)20(23)26-21(3,4)5/h6-10,14,17-18H,11-13H2,1-5H3. The molecule has 1 amide bonds. The van der Waals surface area contributed by atoms with E-state index in [-0.39, 0.29) is 24.3 Å². The molecule has 2 aliphatic rings. The molecule has 2 heterocycles. The van der Waals surface area contributed by atoms with E-state index in [9.17, 15) is 4.79 Å². The second kappa shape index (κ2) is 7.31.